The number of carbonyl (C=O) groups is 1. The monoisotopic (exact) mass is 192 g/mol. The molecule has 0 saturated carbocycles. The molecule has 0 atom stereocenters. The van der Waals surface area contributed by atoms with Crippen molar-refractivity contribution in [3.8, 4) is 0 Å². The second-order valence-electron chi connectivity index (χ2n) is 2.57. The molecule has 0 aromatic heterocycles. The van der Waals surface area contributed by atoms with Crippen LogP contribution in [0.25, 0.3) is 6.08 Å². The predicted molar refractivity (Wildman–Crippen MR) is 51.7 cm³/mol. The van der Waals surface area contributed by atoms with Gasteiger partial charge in [0.05, 0.1) is 10.5 Å². The van der Waals surface area contributed by atoms with Crippen molar-refractivity contribution in [2.24, 2.45) is 5.73 Å². The molecule has 1 aromatic rings. The van der Waals surface area contributed by atoms with Crippen molar-refractivity contribution >= 4 is 17.7 Å². The summed E-state index contributed by atoms with van der Waals surface area (Å²) in [4.78, 5) is 20.9. The number of primary amides is 1. The topological polar surface area (TPSA) is 86.2 Å². The lowest BCUT2D eigenvalue weighted by Gasteiger charge is -2.01. The molecule has 1 amide bonds. The van der Waals surface area contributed by atoms with Crippen molar-refractivity contribution in [1.29, 1.82) is 0 Å². The Bertz CT molecular complexity index is 413. The molecule has 0 saturated heterocycles. The summed E-state index contributed by atoms with van der Waals surface area (Å²) in [5.41, 5.74) is 4.88. The highest BCUT2D eigenvalue weighted by Gasteiger charge is 2.20. The molecule has 5 nitrogen and oxygen atoms in total. The van der Waals surface area contributed by atoms with Gasteiger partial charge in [0.25, 0.3) is 11.6 Å². The van der Waals surface area contributed by atoms with Crippen LogP contribution in [0.2, 0.25) is 0 Å². The Labute approximate surface area is 80.0 Å². The Morgan fingerprint density at radius 1 is 1.57 bits per heavy atom. The Kier molecular flexibility index (Phi) is 2.62. The van der Waals surface area contributed by atoms with E-state index in [-0.39, 0.29) is 16.8 Å². The zero-order valence-electron chi connectivity index (χ0n) is 7.27. The van der Waals surface area contributed by atoms with Crippen LogP contribution in [0.15, 0.2) is 24.8 Å². The van der Waals surface area contributed by atoms with Crippen molar-refractivity contribution in [2.45, 2.75) is 0 Å². The Balaban J connectivity index is 3.51. The van der Waals surface area contributed by atoms with Crippen LogP contribution in [0, 0.1) is 10.1 Å². The number of hydrogen-bond acceptors (Lipinski definition) is 3. The molecule has 0 radical (unpaired) electrons. The molecule has 1 rings (SSSR count). The molecule has 14 heavy (non-hydrogen) atoms. The van der Waals surface area contributed by atoms with Crippen LogP contribution in [0.3, 0.4) is 0 Å². The van der Waals surface area contributed by atoms with Crippen molar-refractivity contribution in [2.75, 3.05) is 0 Å². The van der Waals surface area contributed by atoms with E-state index in [2.05, 4.69) is 6.58 Å². The van der Waals surface area contributed by atoms with E-state index in [9.17, 15) is 14.9 Å². The molecule has 0 heterocycles. The van der Waals surface area contributed by atoms with E-state index >= 15 is 0 Å². The second kappa shape index (κ2) is 3.69. The smallest absolute Gasteiger partial charge is 0.289 e. The van der Waals surface area contributed by atoms with E-state index in [1.165, 1.54) is 24.3 Å². The van der Waals surface area contributed by atoms with Crippen molar-refractivity contribution in [3.05, 3.63) is 46.0 Å². The highest BCUT2D eigenvalue weighted by atomic mass is 16.6. The largest absolute Gasteiger partial charge is 0.365 e. The maximum absolute atomic E-state index is 10.9. The first-order chi connectivity index (χ1) is 6.57. The van der Waals surface area contributed by atoms with Gasteiger partial charge in [0.1, 0.15) is 5.56 Å². The molecule has 0 aliphatic heterocycles. The lowest BCUT2D eigenvalue weighted by molar-refractivity contribution is -0.385. The maximum Gasteiger partial charge on any atom is 0.289 e. The van der Waals surface area contributed by atoms with Crippen molar-refractivity contribution < 1.29 is 9.72 Å². The summed E-state index contributed by atoms with van der Waals surface area (Å²) in [7, 11) is 0. The predicted octanol–water partition coefficient (Wildman–Crippen LogP) is 1.34. The Hall–Kier alpha value is -2.17. The van der Waals surface area contributed by atoms with Gasteiger partial charge >= 0.3 is 0 Å². The molecular formula is C9H8N2O3. The first-order valence-electron chi connectivity index (χ1n) is 3.77. The number of amides is 1. The van der Waals surface area contributed by atoms with Gasteiger partial charge in [-0.1, -0.05) is 18.7 Å². The van der Waals surface area contributed by atoms with Gasteiger partial charge in [-0.25, -0.2) is 0 Å². The number of benzene rings is 1. The summed E-state index contributed by atoms with van der Waals surface area (Å²) < 4.78 is 0. The summed E-state index contributed by atoms with van der Waals surface area (Å²) in [6.07, 6.45) is 1.31. The number of rotatable bonds is 3. The standard InChI is InChI=1S/C9H8N2O3/c1-2-6-4-3-5-7(9(10)12)8(6)11(13)14/h2-5H,1H2,(H2,10,12). The number of nitrogens with two attached hydrogens (primary N) is 1. The number of hydrogen-bond donors (Lipinski definition) is 1. The average molecular weight is 192 g/mol. The molecule has 5 heteroatoms. The van der Waals surface area contributed by atoms with Gasteiger partial charge in [-0.2, -0.15) is 0 Å². The maximum atomic E-state index is 10.9. The molecule has 0 fully saturated rings. The minimum atomic E-state index is -0.819. The van der Waals surface area contributed by atoms with Crippen LogP contribution in [0.1, 0.15) is 15.9 Å². The Morgan fingerprint density at radius 3 is 2.64 bits per heavy atom. The zero-order valence-corrected chi connectivity index (χ0v) is 7.27. The fourth-order valence-corrected chi connectivity index (χ4v) is 1.13. The van der Waals surface area contributed by atoms with Crippen molar-refractivity contribution in [1.82, 2.24) is 0 Å². The van der Waals surface area contributed by atoms with Gasteiger partial charge in [-0.3, -0.25) is 14.9 Å². The molecule has 72 valence electrons. The SMILES string of the molecule is C=Cc1cccc(C(N)=O)c1[N+](=O)[O-]. The first kappa shape index (κ1) is 9.91. The minimum absolute atomic E-state index is 0.104. The number of carbonyl (C=O) groups excluding carboxylic acids is 1. The molecule has 0 aliphatic carbocycles. The molecule has 1 aromatic carbocycles. The molecule has 0 unspecified atom stereocenters. The van der Waals surface area contributed by atoms with E-state index in [1.807, 2.05) is 0 Å². The van der Waals surface area contributed by atoms with E-state index in [0.717, 1.165) is 0 Å². The third-order valence-electron chi connectivity index (χ3n) is 1.74. The lowest BCUT2D eigenvalue weighted by Crippen LogP contribution is -2.13. The fourth-order valence-electron chi connectivity index (χ4n) is 1.13. The highest BCUT2D eigenvalue weighted by Crippen LogP contribution is 2.24. The third-order valence-corrected chi connectivity index (χ3v) is 1.74. The zero-order chi connectivity index (χ0) is 10.7. The summed E-state index contributed by atoms with van der Waals surface area (Å²) in [5, 5.41) is 10.7. The fraction of sp³-hybridized carbons (Fsp3) is 0. The van der Waals surface area contributed by atoms with Gasteiger partial charge in [0.15, 0.2) is 0 Å². The average Bonchev–Trinajstić information content (AvgIpc) is 2.16. The summed E-state index contributed by atoms with van der Waals surface area (Å²) >= 11 is 0. The van der Waals surface area contributed by atoms with Crippen molar-refractivity contribution in [3.63, 3.8) is 0 Å². The van der Waals surface area contributed by atoms with Crippen LogP contribution in [0.5, 0.6) is 0 Å². The normalized spacial score (nSPS) is 9.43. The van der Waals surface area contributed by atoms with Gasteiger partial charge in [-0.05, 0) is 12.1 Å². The summed E-state index contributed by atoms with van der Waals surface area (Å²) in [6.45, 7) is 3.42. The van der Waals surface area contributed by atoms with E-state index in [0.29, 0.717) is 0 Å². The van der Waals surface area contributed by atoms with Gasteiger partial charge in [0.2, 0.25) is 0 Å². The number of nitrogens with zero attached hydrogens (tertiary/aromatic N) is 1. The highest BCUT2D eigenvalue weighted by molar-refractivity contribution is 5.98. The summed E-state index contributed by atoms with van der Waals surface area (Å²) in [5.74, 6) is -0.819. The van der Waals surface area contributed by atoms with Crippen LogP contribution >= 0.6 is 0 Å². The van der Waals surface area contributed by atoms with Gasteiger partial charge in [0, 0.05) is 0 Å². The van der Waals surface area contributed by atoms with Crippen LogP contribution in [0.4, 0.5) is 5.69 Å². The Morgan fingerprint density at radius 2 is 2.21 bits per heavy atom. The molecule has 2 N–H and O–H groups in total. The van der Waals surface area contributed by atoms with E-state index < -0.39 is 10.8 Å². The number of nitro groups is 1. The van der Waals surface area contributed by atoms with Crippen LogP contribution in [-0.2, 0) is 0 Å². The summed E-state index contributed by atoms with van der Waals surface area (Å²) in [6, 6.07) is 4.33. The number of nitro benzene ring substituents is 1. The van der Waals surface area contributed by atoms with E-state index in [4.69, 9.17) is 5.73 Å². The van der Waals surface area contributed by atoms with Crippen LogP contribution < -0.4 is 5.73 Å². The molecule has 0 bridgehead atoms. The first-order valence-corrected chi connectivity index (χ1v) is 3.77. The lowest BCUT2D eigenvalue weighted by atomic mass is 10.1. The van der Waals surface area contributed by atoms with E-state index in [1.54, 1.807) is 0 Å². The second-order valence-corrected chi connectivity index (χ2v) is 2.57. The van der Waals surface area contributed by atoms with Crippen LogP contribution in [-0.4, -0.2) is 10.8 Å². The third kappa shape index (κ3) is 1.61. The van der Waals surface area contributed by atoms with Gasteiger partial charge in [-0.15, -0.1) is 0 Å². The van der Waals surface area contributed by atoms with Gasteiger partial charge < -0.3 is 5.73 Å². The molecule has 0 spiro atoms. The number of para-hydroxylation sites is 1. The molecule has 0 aliphatic rings. The quantitative estimate of drug-likeness (QED) is 0.579. The minimum Gasteiger partial charge on any atom is -0.365 e. The molecular weight excluding hydrogens is 184 g/mol.